The summed E-state index contributed by atoms with van der Waals surface area (Å²) in [6, 6.07) is 7.08. The number of carbonyl (C=O) groups is 2. The number of hydrogen-bond acceptors (Lipinski definition) is 6. The van der Waals surface area contributed by atoms with E-state index < -0.39 is 11.7 Å². The normalized spacial score (nSPS) is 17.6. The van der Waals surface area contributed by atoms with E-state index in [0.717, 1.165) is 12.8 Å². The van der Waals surface area contributed by atoms with Crippen molar-refractivity contribution in [3.8, 4) is 0 Å². The van der Waals surface area contributed by atoms with E-state index in [9.17, 15) is 14.0 Å². The fraction of sp³-hybridized carbons (Fsp3) is 0.200. The summed E-state index contributed by atoms with van der Waals surface area (Å²) >= 11 is 3.18. The van der Waals surface area contributed by atoms with Gasteiger partial charge in [0, 0.05) is 23.2 Å². The second kappa shape index (κ2) is 7.21. The molecule has 2 aromatic heterocycles. The molecule has 1 aromatic carbocycles. The van der Waals surface area contributed by atoms with Crippen LogP contribution in [0.1, 0.15) is 24.8 Å². The van der Waals surface area contributed by atoms with Gasteiger partial charge in [-0.05, 0) is 47.0 Å². The van der Waals surface area contributed by atoms with Crippen LogP contribution in [0.5, 0.6) is 0 Å². The van der Waals surface area contributed by atoms with Crippen LogP contribution >= 0.6 is 15.9 Å². The highest BCUT2D eigenvalue weighted by molar-refractivity contribution is 9.10. The van der Waals surface area contributed by atoms with Gasteiger partial charge in [-0.2, -0.15) is 9.61 Å². The molecule has 8 nitrogen and oxygen atoms in total. The lowest BCUT2D eigenvalue weighted by Crippen LogP contribution is -2.19. The minimum Gasteiger partial charge on any atom is -0.367 e. The molecule has 10 heteroatoms. The lowest BCUT2D eigenvalue weighted by atomic mass is 10.1. The molecule has 152 valence electrons. The third-order valence-electron chi connectivity index (χ3n) is 4.87. The molecule has 2 amide bonds. The molecule has 1 saturated heterocycles. The van der Waals surface area contributed by atoms with E-state index in [2.05, 4.69) is 42.0 Å². The number of imide groups is 1. The minimum atomic E-state index is -0.423. The van der Waals surface area contributed by atoms with Crippen molar-refractivity contribution in [2.45, 2.75) is 25.3 Å². The molecule has 0 bridgehead atoms. The quantitative estimate of drug-likeness (QED) is 0.390. The van der Waals surface area contributed by atoms with Crippen LogP contribution in [0.15, 0.2) is 40.5 Å². The van der Waals surface area contributed by atoms with Crippen LogP contribution in [0.3, 0.4) is 0 Å². The number of carbonyl (C=O) groups excluding carboxylic acids is 2. The van der Waals surface area contributed by atoms with Gasteiger partial charge in [-0.1, -0.05) is 6.07 Å². The van der Waals surface area contributed by atoms with Gasteiger partial charge < -0.3 is 10.6 Å². The number of aromatic nitrogens is 3. The Morgan fingerprint density at radius 2 is 2.13 bits per heavy atom. The third-order valence-corrected chi connectivity index (χ3v) is 5.48. The monoisotopic (exact) mass is 470 g/mol. The summed E-state index contributed by atoms with van der Waals surface area (Å²) in [6.07, 6.45) is 5.35. The summed E-state index contributed by atoms with van der Waals surface area (Å²) in [5.41, 5.74) is 1.70. The first-order chi connectivity index (χ1) is 14.5. The fourth-order valence-electron chi connectivity index (χ4n) is 3.23. The van der Waals surface area contributed by atoms with Crippen LogP contribution in [-0.4, -0.2) is 32.5 Å². The van der Waals surface area contributed by atoms with Crippen molar-refractivity contribution in [3.63, 3.8) is 0 Å². The Morgan fingerprint density at radius 1 is 1.30 bits per heavy atom. The molecule has 0 unspecified atom stereocenters. The Labute approximate surface area is 178 Å². The highest BCUT2D eigenvalue weighted by Gasteiger charge is 2.26. The first kappa shape index (κ1) is 18.7. The smallest absolute Gasteiger partial charge is 0.254 e. The van der Waals surface area contributed by atoms with Crippen molar-refractivity contribution in [2.75, 3.05) is 10.6 Å². The molecule has 0 spiro atoms. The Kier molecular flexibility index (Phi) is 4.50. The van der Waals surface area contributed by atoms with Crippen LogP contribution in [0.4, 0.5) is 21.7 Å². The molecule has 2 fully saturated rings. The number of fused-ring (bicyclic) bond motifs is 1. The Bertz CT molecular complexity index is 1230. The average Bonchev–Trinajstić information content (AvgIpc) is 3.34. The van der Waals surface area contributed by atoms with Crippen molar-refractivity contribution in [1.82, 2.24) is 19.9 Å². The number of hydrogen-bond donors (Lipinski definition) is 3. The van der Waals surface area contributed by atoms with Gasteiger partial charge in [0.1, 0.15) is 11.6 Å². The number of nitrogens with one attached hydrogen (secondary N) is 3. The third kappa shape index (κ3) is 3.54. The summed E-state index contributed by atoms with van der Waals surface area (Å²) in [5.74, 6) is -0.0416. The molecule has 5 rings (SSSR count). The molecule has 0 atom stereocenters. The Balaban J connectivity index is 1.59. The number of nitrogens with zero attached hydrogens (tertiary/aromatic N) is 3. The van der Waals surface area contributed by atoms with E-state index in [4.69, 9.17) is 0 Å². The van der Waals surface area contributed by atoms with Gasteiger partial charge in [-0.3, -0.25) is 14.9 Å². The average molecular weight is 471 g/mol. The summed E-state index contributed by atoms with van der Waals surface area (Å²) in [7, 11) is 0. The first-order valence-electron chi connectivity index (χ1n) is 9.39. The summed E-state index contributed by atoms with van der Waals surface area (Å²) in [6.45, 7) is 0. The van der Waals surface area contributed by atoms with Crippen LogP contribution in [0.2, 0.25) is 0 Å². The lowest BCUT2D eigenvalue weighted by molar-refractivity contribution is -0.124. The number of rotatable bonds is 5. The van der Waals surface area contributed by atoms with E-state index >= 15 is 0 Å². The molecule has 0 radical (unpaired) electrons. The summed E-state index contributed by atoms with van der Waals surface area (Å²) in [5, 5.41) is 13.1. The zero-order valence-electron chi connectivity index (χ0n) is 15.6. The van der Waals surface area contributed by atoms with Crippen molar-refractivity contribution in [2.24, 2.45) is 0 Å². The van der Waals surface area contributed by atoms with E-state index in [-0.39, 0.29) is 18.0 Å². The minimum absolute atomic E-state index is 0.0184. The predicted octanol–water partition coefficient (Wildman–Crippen LogP) is 3.38. The SMILES string of the molecule is O=C1C/C(=C\c2cnn3c(NC4CC4)cc(Nc4cccc(Br)c4F)nc23)C(=O)N1. The van der Waals surface area contributed by atoms with Crippen molar-refractivity contribution in [3.05, 3.63) is 51.9 Å². The van der Waals surface area contributed by atoms with Crippen LogP contribution in [-0.2, 0) is 9.59 Å². The van der Waals surface area contributed by atoms with Crippen LogP contribution < -0.4 is 16.0 Å². The molecule has 3 N–H and O–H groups in total. The molecule has 1 saturated carbocycles. The standard InChI is InChI=1S/C20H16BrFN6O2/c21-13-2-1-3-14(18(13)22)25-15-8-16(24-12-4-5-12)28-19(26-15)11(9-23-28)6-10-7-17(29)27-20(10)30/h1-3,6,8-9,12,24H,4-5,7H2,(H,25,26)(H,27,29,30)/b10-6+. The van der Waals surface area contributed by atoms with Gasteiger partial charge in [0.25, 0.3) is 5.91 Å². The van der Waals surface area contributed by atoms with E-state index in [1.807, 2.05) is 0 Å². The maximum Gasteiger partial charge on any atom is 0.254 e. The highest BCUT2D eigenvalue weighted by Crippen LogP contribution is 2.30. The molecule has 3 heterocycles. The number of anilines is 3. The van der Waals surface area contributed by atoms with Crippen molar-refractivity contribution in [1.29, 1.82) is 0 Å². The molecule has 1 aliphatic carbocycles. The first-order valence-corrected chi connectivity index (χ1v) is 10.2. The topological polar surface area (TPSA) is 100 Å². The van der Waals surface area contributed by atoms with E-state index in [1.54, 1.807) is 41.1 Å². The molecular formula is C20H16BrFN6O2. The molecule has 1 aliphatic heterocycles. The zero-order valence-corrected chi connectivity index (χ0v) is 17.2. The van der Waals surface area contributed by atoms with Gasteiger partial charge in [-0.15, -0.1) is 0 Å². The number of amides is 2. The number of halogens is 2. The maximum atomic E-state index is 14.4. The largest absolute Gasteiger partial charge is 0.367 e. The van der Waals surface area contributed by atoms with Gasteiger partial charge in [0.15, 0.2) is 11.5 Å². The molecule has 3 aromatic rings. The number of benzene rings is 1. The van der Waals surface area contributed by atoms with Crippen LogP contribution in [0.25, 0.3) is 11.7 Å². The summed E-state index contributed by atoms with van der Waals surface area (Å²) in [4.78, 5) is 28.0. The van der Waals surface area contributed by atoms with Crippen LogP contribution in [0, 0.1) is 5.82 Å². The van der Waals surface area contributed by atoms with Gasteiger partial charge in [-0.25, -0.2) is 9.37 Å². The molecule has 30 heavy (non-hydrogen) atoms. The lowest BCUT2D eigenvalue weighted by Gasteiger charge is -2.12. The zero-order chi connectivity index (χ0) is 20.8. The van der Waals surface area contributed by atoms with Gasteiger partial charge in [0.05, 0.1) is 22.8 Å². The molecule has 2 aliphatic rings. The predicted molar refractivity (Wildman–Crippen MR) is 113 cm³/mol. The molecular weight excluding hydrogens is 455 g/mol. The van der Waals surface area contributed by atoms with Gasteiger partial charge >= 0.3 is 0 Å². The van der Waals surface area contributed by atoms with E-state index in [0.29, 0.717) is 38.9 Å². The second-order valence-corrected chi connectivity index (χ2v) is 8.08. The Hall–Kier alpha value is -3.27. The summed E-state index contributed by atoms with van der Waals surface area (Å²) < 4.78 is 16.4. The second-order valence-electron chi connectivity index (χ2n) is 7.23. The van der Waals surface area contributed by atoms with E-state index in [1.165, 1.54) is 0 Å². The Morgan fingerprint density at radius 3 is 2.87 bits per heavy atom. The maximum absolute atomic E-state index is 14.4. The van der Waals surface area contributed by atoms with Crippen molar-refractivity contribution >= 4 is 56.8 Å². The van der Waals surface area contributed by atoms with Gasteiger partial charge in [0.2, 0.25) is 5.91 Å². The van der Waals surface area contributed by atoms with Crippen molar-refractivity contribution < 1.29 is 14.0 Å². The fourth-order valence-corrected chi connectivity index (χ4v) is 3.60. The highest BCUT2D eigenvalue weighted by atomic mass is 79.9.